The zero-order valence-corrected chi connectivity index (χ0v) is 36.5. The third kappa shape index (κ3) is 10.4. The molecule has 0 amide bonds. The number of esters is 1. The van der Waals surface area contributed by atoms with Gasteiger partial charge in [-0.25, -0.2) is 4.98 Å². The normalized spacial score (nSPS) is 47.2. The van der Waals surface area contributed by atoms with Gasteiger partial charge in [-0.15, -0.1) is 0 Å². The number of carbonyl (C=O) groups excluding carboxylic acids is 1. The van der Waals surface area contributed by atoms with Crippen molar-refractivity contribution in [1.29, 1.82) is 0 Å². The Bertz CT molecular complexity index is 1420. The van der Waals surface area contributed by atoms with E-state index in [2.05, 4.69) is 10.3 Å². The Morgan fingerprint density at radius 3 is 2.26 bits per heavy atom. The highest BCUT2D eigenvalue weighted by Crippen LogP contribution is 2.44. The van der Waals surface area contributed by atoms with E-state index in [1.54, 1.807) is 64.8 Å². The molecule has 1 aromatic rings. The van der Waals surface area contributed by atoms with Crippen LogP contribution in [0.4, 0.5) is 0 Å². The van der Waals surface area contributed by atoms with Crippen LogP contribution < -0.4 is 5.32 Å². The Hall–Kier alpha value is -1.80. The van der Waals surface area contributed by atoms with Crippen LogP contribution in [0.25, 0.3) is 0 Å². The average Bonchev–Trinajstić information content (AvgIpc) is 3.65. The van der Waals surface area contributed by atoms with Crippen molar-refractivity contribution in [2.75, 3.05) is 27.7 Å². The van der Waals surface area contributed by atoms with Crippen LogP contribution in [0, 0.1) is 17.8 Å². The molecule has 0 aromatic carbocycles. The van der Waals surface area contributed by atoms with Crippen LogP contribution in [-0.2, 0) is 39.8 Å². The quantitative estimate of drug-likeness (QED) is 0.197. The molecule has 1 aromatic heterocycles. The van der Waals surface area contributed by atoms with Crippen molar-refractivity contribution in [3.05, 3.63) is 18.7 Å². The number of ether oxygens (including phenoxy) is 6. The van der Waals surface area contributed by atoms with Crippen LogP contribution in [-0.4, -0.2) is 163 Å². The molecule has 0 bridgehead atoms. The van der Waals surface area contributed by atoms with E-state index in [9.17, 15) is 30.3 Å². The second-order valence-electron chi connectivity index (χ2n) is 18.3. The summed E-state index contributed by atoms with van der Waals surface area (Å²) in [6, 6.07) is -0.894. The molecule has 16 heteroatoms. The van der Waals surface area contributed by atoms with Gasteiger partial charge in [0.2, 0.25) is 0 Å². The van der Waals surface area contributed by atoms with Crippen molar-refractivity contribution in [1.82, 2.24) is 19.8 Å². The number of likely N-dealkylation sites (N-methyl/N-ethyl adjacent to an activating group) is 1. The molecular weight excluding hydrogens is 740 g/mol. The first-order chi connectivity index (χ1) is 26.4. The topological polar surface area (TPSA) is 207 Å². The van der Waals surface area contributed by atoms with Crippen LogP contribution >= 0.6 is 0 Å². The van der Waals surface area contributed by atoms with Gasteiger partial charge in [0.05, 0.1) is 48.8 Å². The molecule has 6 N–H and O–H groups in total. The van der Waals surface area contributed by atoms with Gasteiger partial charge in [0.15, 0.2) is 12.6 Å². The number of nitrogens with zero attached hydrogens (tertiary/aromatic N) is 3. The highest BCUT2D eigenvalue weighted by molar-refractivity contribution is 5.73. The molecule has 0 unspecified atom stereocenters. The second kappa shape index (κ2) is 18.9. The van der Waals surface area contributed by atoms with Crippen LogP contribution in [0.2, 0.25) is 0 Å². The molecule has 0 spiro atoms. The van der Waals surface area contributed by atoms with Gasteiger partial charge in [0, 0.05) is 43.9 Å². The minimum Gasteiger partial charge on any atom is -0.459 e. The van der Waals surface area contributed by atoms with E-state index in [4.69, 9.17) is 28.4 Å². The first kappa shape index (κ1) is 47.9. The summed E-state index contributed by atoms with van der Waals surface area (Å²) in [6.07, 6.45) is -2.87. The Balaban J connectivity index is 1.80. The van der Waals surface area contributed by atoms with Crippen LogP contribution in [0.3, 0.4) is 0 Å². The average molecular weight is 815 g/mol. The van der Waals surface area contributed by atoms with E-state index in [-0.39, 0.29) is 43.9 Å². The lowest BCUT2D eigenvalue weighted by atomic mass is 9.75. The first-order valence-electron chi connectivity index (χ1n) is 20.7. The maximum atomic E-state index is 14.3. The van der Waals surface area contributed by atoms with Crippen molar-refractivity contribution >= 4 is 5.97 Å². The second-order valence-corrected chi connectivity index (χ2v) is 18.3. The van der Waals surface area contributed by atoms with Crippen molar-refractivity contribution in [2.24, 2.45) is 17.8 Å². The molecule has 3 saturated heterocycles. The molecule has 0 saturated carbocycles. The monoisotopic (exact) mass is 815 g/mol. The zero-order chi connectivity index (χ0) is 42.8. The molecule has 3 aliphatic rings. The molecule has 57 heavy (non-hydrogen) atoms. The highest BCUT2D eigenvalue weighted by Gasteiger charge is 2.59. The minimum absolute atomic E-state index is 0.0531. The molecule has 0 radical (unpaired) electrons. The Morgan fingerprint density at radius 1 is 1.02 bits per heavy atom. The van der Waals surface area contributed by atoms with Gasteiger partial charge in [-0.1, -0.05) is 20.8 Å². The number of nitrogens with one attached hydrogen (secondary N) is 1. The lowest BCUT2D eigenvalue weighted by molar-refractivity contribution is -0.339. The molecular formula is C41H74N4O12. The van der Waals surface area contributed by atoms with Crippen molar-refractivity contribution in [3.8, 4) is 0 Å². The van der Waals surface area contributed by atoms with E-state index in [0.717, 1.165) is 0 Å². The van der Waals surface area contributed by atoms with Gasteiger partial charge in [0.25, 0.3) is 0 Å². The van der Waals surface area contributed by atoms with Gasteiger partial charge in [-0.2, -0.15) is 0 Å². The van der Waals surface area contributed by atoms with Gasteiger partial charge in [-0.05, 0) is 94.3 Å². The third-order valence-electron chi connectivity index (χ3n) is 13.2. The molecule has 16 nitrogen and oxygen atoms in total. The lowest BCUT2D eigenvalue weighted by Crippen LogP contribution is -2.68. The SMILES string of the molecule is CC[C@H]1OC(=O)[C@H](C)[C@@H](O[C@H]2C[C@@](C)(OC)[C@@](O)(Cn3ccnc3)[C@H](C)O2)[C@H](C)[C@@H](O[C@@H]2O[C@H](C)C[C@H](N(C)C)[C@H]2O)[C@@](C)(O)C[C@@H](C)CN[C@H](C)[C@@H](O)[C@]1(C)O. The summed E-state index contributed by atoms with van der Waals surface area (Å²) < 4.78 is 40.1. The predicted octanol–water partition coefficient (Wildman–Crippen LogP) is 1.83. The van der Waals surface area contributed by atoms with Crippen LogP contribution in [0.1, 0.15) is 94.9 Å². The van der Waals surface area contributed by atoms with Crippen molar-refractivity contribution < 1.29 is 58.7 Å². The molecule has 4 heterocycles. The summed E-state index contributed by atoms with van der Waals surface area (Å²) >= 11 is 0. The zero-order valence-electron chi connectivity index (χ0n) is 36.5. The highest BCUT2D eigenvalue weighted by atomic mass is 16.7. The number of imidazole rings is 1. The Morgan fingerprint density at radius 2 is 1.68 bits per heavy atom. The summed E-state index contributed by atoms with van der Waals surface area (Å²) in [7, 11) is 5.28. The molecule has 330 valence electrons. The van der Waals surface area contributed by atoms with Crippen molar-refractivity contribution in [2.45, 2.75) is 191 Å². The Labute approximate surface area is 339 Å². The molecule has 3 aliphatic heterocycles. The summed E-state index contributed by atoms with van der Waals surface area (Å²) in [5.74, 6) is -2.72. The molecule has 4 rings (SSSR count). The number of carbonyl (C=O) groups is 1. The maximum absolute atomic E-state index is 14.3. The molecule has 3 fully saturated rings. The number of hydrogen-bond acceptors (Lipinski definition) is 15. The standard InChI is InChI=1S/C41H74N4O12/c1-14-30-40(10,50)34(47)27(6)43-20-23(2)18-38(8,49)35(57-37-32(46)29(44(11)12)17-24(3)53-37)25(4)33(26(5)36(48)55-30)56-31-19-39(9,52-13)41(51,28(7)54-31)21-45-16-15-42-22-45/h15-16,22-35,37,43,46-47,49-51H,14,17-21H2,1-13H3/t23-,24-,25+,26-,27-,28+,29+,30-,31+,32-,33+,34-,35-,37+,38+,39-,40-,41-/m1/s1. The fourth-order valence-corrected chi connectivity index (χ4v) is 9.38. The number of aromatic nitrogens is 2. The van der Waals surface area contributed by atoms with E-state index < -0.39 is 95.5 Å². The summed E-state index contributed by atoms with van der Waals surface area (Å²) in [6.45, 7) is 18.0. The van der Waals surface area contributed by atoms with Gasteiger partial charge in [-0.3, -0.25) is 4.79 Å². The number of methoxy groups -OCH3 is 1. The van der Waals surface area contributed by atoms with E-state index in [0.29, 0.717) is 13.0 Å². The van der Waals surface area contributed by atoms with E-state index in [1.807, 2.05) is 39.8 Å². The molecule has 0 aliphatic carbocycles. The third-order valence-corrected chi connectivity index (χ3v) is 13.2. The van der Waals surface area contributed by atoms with Gasteiger partial charge >= 0.3 is 5.97 Å². The van der Waals surface area contributed by atoms with Crippen LogP contribution in [0.5, 0.6) is 0 Å². The number of aliphatic hydroxyl groups is 5. The fourth-order valence-electron chi connectivity index (χ4n) is 9.38. The first-order valence-corrected chi connectivity index (χ1v) is 20.7. The molecule has 18 atom stereocenters. The fraction of sp³-hybridized carbons (Fsp3) is 0.902. The van der Waals surface area contributed by atoms with Gasteiger partial charge < -0.3 is 68.7 Å². The smallest absolute Gasteiger partial charge is 0.311 e. The lowest BCUT2D eigenvalue weighted by Gasteiger charge is -2.53. The number of aliphatic hydroxyl groups excluding tert-OH is 2. The van der Waals surface area contributed by atoms with Crippen molar-refractivity contribution in [3.63, 3.8) is 0 Å². The predicted molar refractivity (Wildman–Crippen MR) is 211 cm³/mol. The number of hydrogen-bond donors (Lipinski definition) is 6. The Kier molecular flexibility index (Phi) is 15.8. The minimum atomic E-state index is -1.82. The maximum Gasteiger partial charge on any atom is 0.311 e. The van der Waals surface area contributed by atoms with E-state index in [1.165, 1.54) is 14.0 Å². The van der Waals surface area contributed by atoms with Crippen LogP contribution in [0.15, 0.2) is 18.7 Å². The van der Waals surface area contributed by atoms with E-state index >= 15 is 0 Å². The summed E-state index contributed by atoms with van der Waals surface area (Å²) in [5, 5.41) is 62.7. The number of cyclic esters (lactones) is 1. The van der Waals surface area contributed by atoms with Gasteiger partial charge in [0.1, 0.15) is 35.1 Å². The summed E-state index contributed by atoms with van der Waals surface area (Å²) in [5.41, 5.74) is -6.14. The largest absolute Gasteiger partial charge is 0.459 e. The summed E-state index contributed by atoms with van der Waals surface area (Å²) in [4.78, 5) is 20.4. The number of rotatable bonds is 9.